The lowest BCUT2D eigenvalue weighted by molar-refractivity contribution is 0.102. The quantitative estimate of drug-likeness (QED) is 0.808. The molecule has 0 spiro atoms. The van der Waals surface area contributed by atoms with E-state index in [1.165, 1.54) is 15.9 Å². The van der Waals surface area contributed by atoms with Crippen molar-refractivity contribution in [1.82, 2.24) is 4.31 Å². The molecule has 1 heterocycles. The van der Waals surface area contributed by atoms with Crippen molar-refractivity contribution in [2.24, 2.45) is 0 Å². The number of hydrogen-bond acceptors (Lipinski definition) is 3. The average molecular weight is 387 g/mol. The van der Waals surface area contributed by atoms with Crippen molar-refractivity contribution >= 4 is 21.6 Å². The Morgan fingerprint density at radius 3 is 2.41 bits per heavy atom. The van der Waals surface area contributed by atoms with Gasteiger partial charge in [0.25, 0.3) is 5.91 Å². The predicted octanol–water partition coefficient (Wildman–Crippen LogP) is 4.24. The Labute approximate surface area is 161 Å². The molecule has 27 heavy (non-hydrogen) atoms. The van der Waals surface area contributed by atoms with Gasteiger partial charge in [-0.05, 0) is 61.1 Å². The minimum absolute atomic E-state index is 0.171. The molecule has 2 aromatic rings. The van der Waals surface area contributed by atoms with Crippen molar-refractivity contribution in [3.8, 4) is 0 Å². The van der Waals surface area contributed by atoms with Gasteiger partial charge in [-0.25, -0.2) is 8.42 Å². The van der Waals surface area contributed by atoms with Gasteiger partial charge in [0.2, 0.25) is 10.0 Å². The molecule has 1 amide bonds. The number of carbonyl (C=O) groups is 1. The molecule has 0 radical (unpaired) electrons. The predicted molar refractivity (Wildman–Crippen MR) is 108 cm³/mol. The molecule has 3 rings (SSSR count). The zero-order valence-corrected chi connectivity index (χ0v) is 16.6. The lowest BCUT2D eigenvalue weighted by Gasteiger charge is -2.16. The van der Waals surface area contributed by atoms with Crippen LogP contribution in [0.25, 0.3) is 0 Å². The number of carbonyl (C=O) groups excluding carboxylic acids is 1. The van der Waals surface area contributed by atoms with E-state index in [1.54, 1.807) is 18.2 Å². The molecule has 1 aliphatic heterocycles. The van der Waals surface area contributed by atoms with E-state index in [1.807, 2.05) is 24.3 Å². The Morgan fingerprint density at radius 2 is 1.78 bits per heavy atom. The zero-order chi connectivity index (χ0) is 19.4. The molecule has 0 aliphatic carbocycles. The summed E-state index contributed by atoms with van der Waals surface area (Å²) in [5, 5.41) is 2.84. The number of anilines is 1. The number of amides is 1. The third-order valence-electron chi connectivity index (χ3n) is 5.15. The molecule has 1 atom stereocenters. The van der Waals surface area contributed by atoms with Gasteiger partial charge in [-0.15, -0.1) is 0 Å². The van der Waals surface area contributed by atoms with Crippen LogP contribution in [-0.4, -0.2) is 31.7 Å². The van der Waals surface area contributed by atoms with Gasteiger partial charge >= 0.3 is 0 Å². The van der Waals surface area contributed by atoms with Crippen LogP contribution in [0.4, 0.5) is 5.69 Å². The van der Waals surface area contributed by atoms with E-state index in [9.17, 15) is 13.2 Å². The van der Waals surface area contributed by atoms with Crippen LogP contribution in [0.3, 0.4) is 0 Å². The summed E-state index contributed by atoms with van der Waals surface area (Å²) in [6.45, 7) is 5.39. The minimum atomic E-state index is -3.53. The number of benzene rings is 2. The molecule has 1 saturated heterocycles. The highest BCUT2D eigenvalue weighted by atomic mass is 32.2. The van der Waals surface area contributed by atoms with Crippen LogP contribution in [0.5, 0.6) is 0 Å². The molecule has 2 aromatic carbocycles. The van der Waals surface area contributed by atoms with Crippen LogP contribution in [0.2, 0.25) is 0 Å². The van der Waals surface area contributed by atoms with Crippen LogP contribution in [0.1, 0.15) is 54.9 Å². The van der Waals surface area contributed by atoms with E-state index in [0.717, 1.165) is 19.3 Å². The molecule has 6 heteroatoms. The zero-order valence-electron chi connectivity index (χ0n) is 15.8. The van der Waals surface area contributed by atoms with Gasteiger partial charge < -0.3 is 5.32 Å². The molecule has 0 unspecified atom stereocenters. The maximum Gasteiger partial charge on any atom is 0.255 e. The lowest BCUT2D eigenvalue weighted by Crippen LogP contribution is -2.28. The molecule has 1 N–H and O–H groups in total. The summed E-state index contributed by atoms with van der Waals surface area (Å²) in [5.41, 5.74) is 2.26. The molecule has 0 aromatic heterocycles. The number of rotatable bonds is 6. The Hall–Kier alpha value is -2.18. The lowest BCUT2D eigenvalue weighted by atomic mass is 9.98. The molecule has 0 saturated carbocycles. The summed E-state index contributed by atoms with van der Waals surface area (Å²) >= 11 is 0. The van der Waals surface area contributed by atoms with Gasteiger partial charge in [-0.1, -0.05) is 32.0 Å². The first-order valence-corrected chi connectivity index (χ1v) is 10.9. The standard InChI is InChI=1S/C21H26N2O3S/c1-3-16(2)17-9-11-19(12-10-17)22-21(24)18-7-6-8-20(15-18)27(25,26)23-13-4-5-14-23/h6-12,15-16H,3-5,13-14H2,1-2H3,(H,22,24)/t16-/m1/s1. The number of hydrogen-bond donors (Lipinski definition) is 1. The first-order valence-electron chi connectivity index (χ1n) is 9.43. The van der Waals surface area contributed by atoms with E-state index >= 15 is 0 Å². The van der Waals surface area contributed by atoms with Crippen LogP contribution in [0, 0.1) is 0 Å². The van der Waals surface area contributed by atoms with Gasteiger partial charge in [0.05, 0.1) is 4.90 Å². The second kappa shape index (κ2) is 8.23. The fourth-order valence-corrected chi connectivity index (χ4v) is 4.77. The Morgan fingerprint density at radius 1 is 1.11 bits per heavy atom. The summed E-state index contributed by atoms with van der Waals surface area (Å²) in [7, 11) is -3.53. The topological polar surface area (TPSA) is 66.5 Å². The van der Waals surface area contributed by atoms with Crippen LogP contribution in [-0.2, 0) is 10.0 Å². The Bertz CT molecular complexity index is 901. The first-order chi connectivity index (χ1) is 12.9. The van der Waals surface area contributed by atoms with E-state index in [0.29, 0.717) is 30.3 Å². The third kappa shape index (κ3) is 4.39. The summed E-state index contributed by atoms with van der Waals surface area (Å²) in [6.07, 6.45) is 2.82. The highest BCUT2D eigenvalue weighted by Crippen LogP contribution is 2.23. The van der Waals surface area contributed by atoms with Crippen molar-refractivity contribution < 1.29 is 13.2 Å². The van der Waals surface area contributed by atoms with Crippen molar-refractivity contribution in [2.75, 3.05) is 18.4 Å². The number of nitrogens with one attached hydrogen (secondary N) is 1. The Kier molecular flexibility index (Phi) is 5.97. The molecule has 1 aliphatic rings. The minimum Gasteiger partial charge on any atom is -0.322 e. The van der Waals surface area contributed by atoms with Crippen LogP contribution < -0.4 is 5.32 Å². The van der Waals surface area contributed by atoms with Gasteiger partial charge in [0.15, 0.2) is 0 Å². The second-order valence-corrected chi connectivity index (χ2v) is 8.96. The van der Waals surface area contributed by atoms with Gasteiger partial charge in [0.1, 0.15) is 0 Å². The summed E-state index contributed by atoms with van der Waals surface area (Å²) < 4.78 is 26.9. The molecule has 0 bridgehead atoms. The molecular weight excluding hydrogens is 360 g/mol. The number of sulfonamides is 1. The van der Waals surface area contributed by atoms with E-state index in [2.05, 4.69) is 19.2 Å². The van der Waals surface area contributed by atoms with Crippen LogP contribution >= 0.6 is 0 Å². The van der Waals surface area contributed by atoms with Crippen molar-refractivity contribution in [3.63, 3.8) is 0 Å². The average Bonchev–Trinajstić information content (AvgIpc) is 3.24. The normalized spacial score (nSPS) is 16.2. The van der Waals surface area contributed by atoms with Crippen LogP contribution in [0.15, 0.2) is 53.4 Å². The van der Waals surface area contributed by atoms with Crippen molar-refractivity contribution in [1.29, 1.82) is 0 Å². The third-order valence-corrected chi connectivity index (χ3v) is 7.04. The van der Waals surface area contributed by atoms with E-state index in [-0.39, 0.29) is 10.8 Å². The van der Waals surface area contributed by atoms with Gasteiger partial charge in [0, 0.05) is 24.3 Å². The molecule has 5 nitrogen and oxygen atoms in total. The maximum atomic E-state index is 12.7. The molecule has 1 fully saturated rings. The maximum absolute atomic E-state index is 12.7. The number of nitrogens with zero attached hydrogens (tertiary/aromatic N) is 1. The summed E-state index contributed by atoms with van der Waals surface area (Å²) in [4.78, 5) is 12.7. The van der Waals surface area contributed by atoms with Gasteiger partial charge in [-0.2, -0.15) is 4.31 Å². The first kappa shape index (κ1) is 19.6. The summed E-state index contributed by atoms with van der Waals surface area (Å²) in [5.74, 6) is 0.159. The van der Waals surface area contributed by atoms with Crippen molar-refractivity contribution in [2.45, 2.75) is 43.9 Å². The SMILES string of the molecule is CC[C@@H](C)c1ccc(NC(=O)c2cccc(S(=O)(=O)N3CCCC3)c2)cc1. The van der Waals surface area contributed by atoms with Gasteiger partial charge in [-0.3, -0.25) is 4.79 Å². The van der Waals surface area contributed by atoms with E-state index < -0.39 is 10.0 Å². The highest BCUT2D eigenvalue weighted by molar-refractivity contribution is 7.89. The van der Waals surface area contributed by atoms with E-state index in [4.69, 9.17) is 0 Å². The molecular formula is C21H26N2O3S. The second-order valence-electron chi connectivity index (χ2n) is 7.02. The fourth-order valence-electron chi connectivity index (χ4n) is 3.21. The van der Waals surface area contributed by atoms with Crippen molar-refractivity contribution in [3.05, 3.63) is 59.7 Å². The highest BCUT2D eigenvalue weighted by Gasteiger charge is 2.27. The largest absolute Gasteiger partial charge is 0.322 e. The Balaban J connectivity index is 1.75. The smallest absolute Gasteiger partial charge is 0.255 e. The fraction of sp³-hybridized carbons (Fsp3) is 0.381. The monoisotopic (exact) mass is 386 g/mol. The summed E-state index contributed by atoms with van der Waals surface area (Å²) in [6, 6.07) is 14.0. The molecule has 144 valence electrons.